The molecule has 32 heavy (non-hydrogen) atoms. The number of nitrogens with zero attached hydrogens (tertiary/aromatic N) is 3. The Kier molecular flexibility index (Phi) is 6.27. The molecular weight excluding hydrogens is 424 g/mol. The summed E-state index contributed by atoms with van der Waals surface area (Å²) >= 11 is 1.49. The van der Waals surface area contributed by atoms with Crippen LogP contribution in [0.2, 0.25) is 0 Å². The van der Waals surface area contributed by atoms with Crippen LogP contribution in [-0.4, -0.2) is 38.0 Å². The number of aromatic amines is 1. The van der Waals surface area contributed by atoms with Crippen LogP contribution < -0.4 is 10.6 Å². The summed E-state index contributed by atoms with van der Waals surface area (Å²) in [6.07, 6.45) is 6.71. The highest BCUT2D eigenvalue weighted by Gasteiger charge is 2.16. The van der Waals surface area contributed by atoms with E-state index >= 15 is 0 Å². The van der Waals surface area contributed by atoms with Gasteiger partial charge in [0.05, 0.1) is 17.0 Å². The maximum atomic E-state index is 12.5. The minimum Gasteiger partial charge on any atom is -0.332 e. The number of hydrogen-bond donors (Lipinski definition) is 3. The first-order valence-electron chi connectivity index (χ1n) is 9.73. The van der Waals surface area contributed by atoms with E-state index in [0.29, 0.717) is 17.1 Å². The molecule has 3 aromatic heterocycles. The van der Waals surface area contributed by atoms with Gasteiger partial charge in [-0.15, -0.1) is 0 Å². The largest absolute Gasteiger partial charge is 0.332 e. The van der Waals surface area contributed by atoms with Crippen LogP contribution >= 0.6 is 11.8 Å². The number of anilines is 2. The third kappa shape index (κ3) is 4.84. The van der Waals surface area contributed by atoms with Crippen LogP contribution in [0.15, 0.2) is 72.3 Å². The highest BCUT2D eigenvalue weighted by Crippen LogP contribution is 2.34. The van der Waals surface area contributed by atoms with Gasteiger partial charge >= 0.3 is 0 Å². The van der Waals surface area contributed by atoms with Crippen LogP contribution in [0, 0.1) is 0 Å². The Morgan fingerprint density at radius 1 is 1.00 bits per heavy atom. The van der Waals surface area contributed by atoms with Crippen molar-refractivity contribution in [1.29, 1.82) is 0 Å². The summed E-state index contributed by atoms with van der Waals surface area (Å²) < 4.78 is 0. The lowest BCUT2D eigenvalue weighted by atomic mass is 10.0. The summed E-state index contributed by atoms with van der Waals surface area (Å²) in [4.78, 5) is 40.1. The molecule has 8 nitrogen and oxygen atoms in total. The van der Waals surface area contributed by atoms with E-state index < -0.39 is 0 Å². The Morgan fingerprint density at radius 3 is 2.62 bits per heavy atom. The lowest BCUT2D eigenvalue weighted by Crippen LogP contribution is -2.11. The second-order valence-corrected chi connectivity index (χ2v) is 7.65. The van der Waals surface area contributed by atoms with Crippen LogP contribution in [0.4, 0.5) is 11.5 Å². The van der Waals surface area contributed by atoms with E-state index in [1.807, 2.05) is 36.6 Å². The molecule has 0 atom stereocenters. The molecule has 0 aliphatic rings. The molecule has 0 aliphatic heterocycles. The molecule has 4 aromatic rings. The predicted octanol–water partition coefficient (Wildman–Crippen LogP) is 4.47. The van der Waals surface area contributed by atoms with E-state index in [2.05, 4.69) is 25.6 Å². The van der Waals surface area contributed by atoms with Gasteiger partial charge in [0, 0.05) is 42.3 Å². The van der Waals surface area contributed by atoms with Gasteiger partial charge < -0.3 is 15.6 Å². The molecule has 9 heteroatoms. The maximum Gasteiger partial charge on any atom is 0.257 e. The number of hydrogen-bond acceptors (Lipinski definition) is 6. The molecule has 3 heterocycles. The average Bonchev–Trinajstić information content (AvgIpc) is 3.24. The van der Waals surface area contributed by atoms with Gasteiger partial charge in [0.15, 0.2) is 5.16 Å². The van der Waals surface area contributed by atoms with Gasteiger partial charge in [-0.05, 0) is 42.7 Å². The predicted molar refractivity (Wildman–Crippen MR) is 126 cm³/mol. The quantitative estimate of drug-likeness (QED) is 0.378. The lowest BCUT2D eigenvalue weighted by molar-refractivity contribution is -0.114. The van der Waals surface area contributed by atoms with E-state index in [1.54, 1.807) is 30.6 Å². The summed E-state index contributed by atoms with van der Waals surface area (Å²) in [7, 11) is 0. The third-order valence-electron chi connectivity index (χ3n) is 4.55. The molecule has 0 fully saturated rings. The van der Waals surface area contributed by atoms with Crippen molar-refractivity contribution in [3.05, 3.63) is 72.7 Å². The molecule has 0 bridgehead atoms. The van der Waals surface area contributed by atoms with Crippen LogP contribution in [0.1, 0.15) is 17.3 Å². The minimum atomic E-state index is -0.239. The van der Waals surface area contributed by atoms with Crippen LogP contribution in [0.3, 0.4) is 0 Å². The highest BCUT2D eigenvalue weighted by atomic mass is 32.2. The smallest absolute Gasteiger partial charge is 0.257 e. The van der Waals surface area contributed by atoms with E-state index in [1.165, 1.54) is 24.9 Å². The monoisotopic (exact) mass is 444 g/mol. The Bertz CT molecular complexity index is 1270. The fourth-order valence-corrected chi connectivity index (χ4v) is 3.53. The molecule has 3 N–H and O–H groups in total. The second-order valence-electron chi connectivity index (χ2n) is 6.86. The Morgan fingerprint density at radius 2 is 1.88 bits per heavy atom. The normalized spacial score (nSPS) is 10.6. The molecule has 0 spiro atoms. The number of imidazole rings is 1. The number of amides is 2. The fourth-order valence-electron chi connectivity index (χ4n) is 3.15. The van der Waals surface area contributed by atoms with Gasteiger partial charge in [0.1, 0.15) is 5.82 Å². The molecule has 4 rings (SSSR count). The number of aromatic nitrogens is 4. The zero-order valence-electron chi connectivity index (χ0n) is 17.4. The summed E-state index contributed by atoms with van der Waals surface area (Å²) in [6.45, 7) is 1.44. The Labute approximate surface area is 188 Å². The summed E-state index contributed by atoms with van der Waals surface area (Å²) in [6, 6.07) is 14.5. The first kappa shape index (κ1) is 21.3. The molecule has 0 saturated heterocycles. The fraction of sp³-hybridized carbons (Fsp3) is 0.0870. The first-order valence-corrected chi connectivity index (χ1v) is 11.0. The number of rotatable bonds is 6. The van der Waals surface area contributed by atoms with Gasteiger partial charge in [0.25, 0.3) is 5.91 Å². The highest BCUT2D eigenvalue weighted by molar-refractivity contribution is 7.98. The summed E-state index contributed by atoms with van der Waals surface area (Å²) in [5, 5.41) is 6.35. The van der Waals surface area contributed by atoms with E-state index in [-0.39, 0.29) is 11.8 Å². The van der Waals surface area contributed by atoms with Crippen molar-refractivity contribution >= 4 is 35.1 Å². The van der Waals surface area contributed by atoms with Gasteiger partial charge in [-0.3, -0.25) is 14.6 Å². The number of nitrogens with one attached hydrogen (secondary N) is 3. The van der Waals surface area contributed by atoms with Crippen molar-refractivity contribution in [2.45, 2.75) is 12.1 Å². The summed E-state index contributed by atoms with van der Waals surface area (Å²) in [5.41, 5.74) is 4.30. The number of pyridine rings is 2. The minimum absolute atomic E-state index is 0.193. The van der Waals surface area contributed by atoms with Crippen LogP contribution in [-0.2, 0) is 4.79 Å². The topological polar surface area (TPSA) is 113 Å². The van der Waals surface area contributed by atoms with Crippen molar-refractivity contribution in [3.8, 4) is 22.5 Å². The zero-order valence-corrected chi connectivity index (χ0v) is 18.2. The zero-order chi connectivity index (χ0) is 22.5. The van der Waals surface area contributed by atoms with Crippen molar-refractivity contribution in [1.82, 2.24) is 19.9 Å². The molecule has 2 amide bonds. The van der Waals surface area contributed by atoms with Crippen molar-refractivity contribution in [3.63, 3.8) is 0 Å². The molecule has 160 valence electrons. The molecule has 0 radical (unpaired) electrons. The average molecular weight is 445 g/mol. The van der Waals surface area contributed by atoms with Crippen LogP contribution in [0.5, 0.6) is 0 Å². The SMILES string of the molecule is CSc1nc(-c2cccc(NC(=O)c3cccnc3)c2)c(-c2ccnc(NC(C)=O)c2)[nH]1. The molecule has 0 unspecified atom stereocenters. The van der Waals surface area contributed by atoms with Crippen molar-refractivity contribution in [2.75, 3.05) is 16.9 Å². The molecule has 1 aromatic carbocycles. The van der Waals surface area contributed by atoms with E-state index in [0.717, 1.165) is 27.7 Å². The number of carbonyl (C=O) groups excluding carboxylic acids is 2. The first-order chi connectivity index (χ1) is 15.5. The number of H-pyrrole nitrogens is 1. The Balaban J connectivity index is 1.69. The molecule has 0 saturated carbocycles. The van der Waals surface area contributed by atoms with Crippen molar-refractivity contribution < 1.29 is 9.59 Å². The van der Waals surface area contributed by atoms with Crippen LogP contribution in [0.25, 0.3) is 22.5 Å². The van der Waals surface area contributed by atoms with Gasteiger partial charge in [-0.2, -0.15) is 0 Å². The molecule has 0 aliphatic carbocycles. The standard InChI is InChI=1S/C23H20N6O2S/c1-14(30)26-19-12-16(8-10-25-19)21-20(28-23(29-21)32-2)15-5-3-7-18(11-15)27-22(31)17-6-4-9-24-13-17/h3-13H,1-2H3,(H,27,31)(H,28,29)(H,25,26,30). The second kappa shape index (κ2) is 9.44. The van der Waals surface area contributed by atoms with Gasteiger partial charge in [0.2, 0.25) is 5.91 Å². The van der Waals surface area contributed by atoms with E-state index in [4.69, 9.17) is 4.98 Å². The maximum absolute atomic E-state index is 12.5. The lowest BCUT2D eigenvalue weighted by Gasteiger charge is -2.09. The third-order valence-corrected chi connectivity index (χ3v) is 5.13. The Hall–Kier alpha value is -3.98. The summed E-state index contributed by atoms with van der Waals surface area (Å²) in [5.74, 6) is 0.0245. The number of benzene rings is 1. The van der Waals surface area contributed by atoms with Gasteiger partial charge in [-0.1, -0.05) is 23.9 Å². The van der Waals surface area contributed by atoms with Gasteiger partial charge in [-0.25, -0.2) is 9.97 Å². The number of carbonyl (C=O) groups is 2. The van der Waals surface area contributed by atoms with Crippen molar-refractivity contribution in [2.24, 2.45) is 0 Å². The number of thioether (sulfide) groups is 1. The molecular formula is C23H20N6O2S. The van der Waals surface area contributed by atoms with E-state index in [9.17, 15) is 9.59 Å².